The zero-order chi connectivity index (χ0) is 30.1. The molecule has 4 aromatic carbocycles. The molecule has 1 atom stereocenters. The molecule has 0 aromatic heterocycles. The highest BCUT2D eigenvalue weighted by Gasteiger charge is 2.33. The molecule has 220 valence electrons. The first-order valence-corrected chi connectivity index (χ1v) is 15.8. The molecule has 0 aliphatic rings. The lowest BCUT2D eigenvalue weighted by atomic mass is 10.0. The molecule has 7 nitrogen and oxygen atoms in total. The molecule has 0 unspecified atom stereocenters. The maximum absolute atomic E-state index is 14.2. The Hall–Kier alpha value is -4.24. The largest absolute Gasteiger partial charge is 0.354 e. The monoisotopic (exact) mass is 589 g/mol. The second-order valence-electron chi connectivity index (χ2n) is 10.3. The van der Waals surface area contributed by atoms with Gasteiger partial charge in [0, 0.05) is 24.9 Å². The molecular formula is C33H36FN3O4S. The van der Waals surface area contributed by atoms with Crippen LogP contribution in [0.5, 0.6) is 0 Å². The number of carbonyl (C=O) groups excluding carboxylic acids is 2. The molecule has 0 saturated carbocycles. The van der Waals surface area contributed by atoms with E-state index in [4.69, 9.17) is 0 Å². The van der Waals surface area contributed by atoms with Crippen LogP contribution in [0.15, 0.2) is 97.1 Å². The minimum atomic E-state index is -3.90. The van der Waals surface area contributed by atoms with Crippen molar-refractivity contribution >= 4 is 38.3 Å². The third-order valence-electron chi connectivity index (χ3n) is 7.08. The average Bonchev–Trinajstić information content (AvgIpc) is 2.98. The number of anilines is 1. The number of hydrogen-bond acceptors (Lipinski definition) is 4. The molecule has 1 N–H and O–H groups in total. The number of nitrogens with zero attached hydrogens (tertiary/aromatic N) is 2. The van der Waals surface area contributed by atoms with Crippen LogP contribution in [0.4, 0.5) is 10.1 Å². The van der Waals surface area contributed by atoms with E-state index in [-0.39, 0.29) is 18.9 Å². The van der Waals surface area contributed by atoms with Gasteiger partial charge >= 0.3 is 0 Å². The second-order valence-corrected chi connectivity index (χ2v) is 12.2. The van der Waals surface area contributed by atoms with Crippen LogP contribution in [0.1, 0.15) is 30.9 Å². The molecule has 0 aliphatic heterocycles. The van der Waals surface area contributed by atoms with E-state index in [9.17, 15) is 22.4 Å². The van der Waals surface area contributed by atoms with Crippen LogP contribution in [0.25, 0.3) is 10.8 Å². The minimum Gasteiger partial charge on any atom is -0.354 e. The van der Waals surface area contributed by atoms with Gasteiger partial charge in [-0.3, -0.25) is 13.9 Å². The van der Waals surface area contributed by atoms with E-state index in [0.29, 0.717) is 23.2 Å². The Labute approximate surface area is 247 Å². The van der Waals surface area contributed by atoms with E-state index < -0.39 is 34.3 Å². The van der Waals surface area contributed by atoms with Crippen molar-refractivity contribution in [3.8, 4) is 0 Å². The number of fused-ring (bicyclic) bond motifs is 1. The SMILES string of the molecule is CCCCNC(=O)[C@H](Cc1ccccc1)N(Cc1ccc(F)cc1)C(=O)CN(c1cccc2ccccc12)S(C)(=O)=O. The molecule has 0 aliphatic carbocycles. The number of rotatable bonds is 13. The summed E-state index contributed by atoms with van der Waals surface area (Å²) in [6.45, 7) is 1.95. The molecule has 0 spiro atoms. The average molecular weight is 590 g/mol. The topological polar surface area (TPSA) is 86.8 Å². The normalized spacial score (nSPS) is 12.1. The second kappa shape index (κ2) is 14.1. The van der Waals surface area contributed by atoms with Gasteiger partial charge in [0.25, 0.3) is 0 Å². The number of benzene rings is 4. The summed E-state index contributed by atoms with van der Waals surface area (Å²) in [5, 5.41) is 4.46. The lowest BCUT2D eigenvalue weighted by molar-refractivity contribution is -0.140. The van der Waals surface area contributed by atoms with E-state index in [1.54, 1.807) is 24.3 Å². The van der Waals surface area contributed by atoms with Crippen LogP contribution in [0.2, 0.25) is 0 Å². The van der Waals surface area contributed by atoms with Gasteiger partial charge in [-0.2, -0.15) is 0 Å². The van der Waals surface area contributed by atoms with Gasteiger partial charge in [0.1, 0.15) is 18.4 Å². The summed E-state index contributed by atoms with van der Waals surface area (Å²) >= 11 is 0. The Morgan fingerprint density at radius 3 is 2.21 bits per heavy atom. The highest BCUT2D eigenvalue weighted by Crippen LogP contribution is 2.29. The van der Waals surface area contributed by atoms with Crippen molar-refractivity contribution in [1.82, 2.24) is 10.2 Å². The van der Waals surface area contributed by atoms with E-state index in [2.05, 4.69) is 5.32 Å². The molecule has 4 aromatic rings. The number of amides is 2. The zero-order valence-corrected chi connectivity index (χ0v) is 24.7. The predicted octanol–water partition coefficient (Wildman–Crippen LogP) is 5.30. The predicted molar refractivity (Wildman–Crippen MR) is 165 cm³/mol. The summed E-state index contributed by atoms with van der Waals surface area (Å²) in [7, 11) is -3.90. The Kier molecular flexibility index (Phi) is 10.3. The van der Waals surface area contributed by atoms with E-state index >= 15 is 0 Å². The number of hydrogen-bond donors (Lipinski definition) is 1. The Morgan fingerprint density at radius 2 is 1.52 bits per heavy atom. The standard InChI is InChI=1S/C33H36FN3O4S/c1-3-4-21-35-33(39)31(22-25-11-6-5-7-12-25)36(23-26-17-19-28(34)20-18-26)32(38)24-37(42(2,40)41)30-16-10-14-27-13-8-9-15-29(27)30/h5-20,31H,3-4,21-24H2,1-2H3,(H,35,39)/t31-/m0/s1. The molecule has 9 heteroatoms. The van der Waals surface area contributed by atoms with Crippen molar-refractivity contribution in [2.75, 3.05) is 23.7 Å². The third-order valence-corrected chi connectivity index (χ3v) is 8.21. The number of sulfonamides is 1. The lowest BCUT2D eigenvalue weighted by Crippen LogP contribution is -2.53. The van der Waals surface area contributed by atoms with Gasteiger partial charge in [0.05, 0.1) is 11.9 Å². The Bertz CT molecular complexity index is 1610. The van der Waals surface area contributed by atoms with Crippen LogP contribution in [-0.2, 0) is 32.6 Å². The summed E-state index contributed by atoms with van der Waals surface area (Å²) in [6, 6.07) is 26.8. The van der Waals surface area contributed by atoms with Gasteiger partial charge in [-0.05, 0) is 41.1 Å². The third kappa shape index (κ3) is 7.94. The van der Waals surface area contributed by atoms with Crippen molar-refractivity contribution in [1.29, 1.82) is 0 Å². The van der Waals surface area contributed by atoms with Crippen LogP contribution in [-0.4, -0.2) is 50.5 Å². The van der Waals surface area contributed by atoms with Gasteiger partial charge in [-0.1, -0.05) is 92.2 Å². The molecule has 0 fully saturated rings. The fourth-order valence-electron chi connectivity index (χ4n) is 4.87. The molecule has 0 saturated heterocycles. The van der Waals surface area contributed by atoms with Crippen molar-refractivity contribution in [2.24, 2.45) is 0 Å². The van der Waals surface area contributed by atoms with Crippen molar-refractivity contribution < 1.29 is 22.4 Å². The Morgan fingerprint density at radius 1 is 0.857 bits per heavy atom. The highest BCUT2D eigenvalue weighted by atomic mass is 32.2. The molecule has 42 heavy (non-hydrogen) atoms. The molecule has 4 rings (SSSR count). The molecule has 2 amide bonds. The number of unbranched alkanes of at least 4 members (excludes halogenated alkanes) is 1. The van der Waals surface area contributed by atoms with Crippen LogP contribution >= 0.6 is 0 Å². The van der Waals surface area contributed by atoms with Crippen LogP contribution in [0, 0.1) is 5.82 Å². The summed E-state index contributed by atoms with van der Waals surface area (Å²) in [5.41, 5.74) is 1.83. The first kappa shape index (κ1) is 30.7. The first-order chi connectivity index (χ1) is 20.2. The Balaban J connectivity index is 1.76. The molecule has 0 bridgehead atoms. The summed E-state index contributed by atoms with van der Waals surface area (Å²) in [5.74, 6) is -1.31. The molecule has 0 radical (unpaired) electrons. The summed E-state index contributed by atoms with van der Waals surface area (Å²) < 4.78 is 41.1. The van der Waals surface area contributed by atoms with Gasteiger partial charge in [0.2, 0.25) is 21.8 Å². The fraction of sp³-hybridized carbons (Fsp3) is 0.273. The quantitative estimate of drug-likeness (QED) is 0.215. The van der Waals surface area contributed by atoms with Gasteiger partial charge in [-0.15, -0.1) is 0 Å². The number of halogens is 1. The fourth-order valence-corrected chi connectivity index (χ4v) is 5.73. The van der Waals surface area contributed by atoms with Crippen LogP contribution < -0.4 is 9.62 Å². The summed E-state index contributed by atoms with van der Waals surface area (Å²) in [6.07, 6.45) is 2.94. The van der Waals surface area contributed by atoms with E-state index in [0.717, 1.165) is 34.4 Å². The highest BCUT2D eigenvalue weighted by molar-refractivity contribution is 7.92. The van der Waals surface area contributed by atoms with Gasteiger partial charge < -0.3 is 10.2 Å². The van der Waals surface area contributed by atoms with Gasteiger partial charge in [0.15, 0.2) is 0 Å². The molecule has 0 heterocycles. The number of nitrogens with one attached hydrogen (secondary N) is 1. The maximum atomic E-state index is 14.2. The summed E-state index contributed by atoms with van der Waals surface area (Å²) in [4.78, 5) is 29.3. The van der Waals surface area contributed by atoms with Crippen molar-refractivity contribution in [3.05, 3.63) is 114 Å². The lowest BCUT2D eigenvalue weighted by Gasteiger charge is -2.33. The van der Waals surface area contributed by atoms with E-state index in [1.165, 1.54) is 17.0 Å². The zero-order valence-electron chi connectivity index (χ0n) is 23.9. The van der Waals surface area contributed by atoms with Gasteiger partial charge in [-0.25, -0.2) is 12.8 Å². The first-order valence-electron chi connectivity index (χ1n) is 14.0. The smallest absolute Gasteiger partial charge is 0.244 e. The minimum absolute atomic E-state index is 0.00898. The number of carbonyl (C=O) groups is 2. The molecular weight excluding hydrogens is 553 g/mol. The van der Waals surface area contributed by atoms with Crippen molar-refractivity contribution in [2.45, 2.75) is 38.8 Å². The van der Waals surface area contributed by atoms with Crippen molar-refractivity contribution in [3.63, 3.8) is 0 Å². The van der Waals surface area contributed by atoms with E-state index in [1.807, 2.05) is 67.6 Å². The maximum Gasteiger partial charge on any atom is 0.244 e. The van der Waals surface area contributed by atoms with Crippen LogP contribution in [0.3, 0.4) is 0 Å².